The van der Waals surface area contributed by atoms with E-state index in [4.69, 9.17) is 4.42 Å². The van der Waals surface area contributed by atoms with Crippen molar-refractivity contribution in [2.45, 2.75) is 23.5 Å². The van der Waals surface area contributed by atoms with Crippen molar-refractivity contribution < 1.29 is 25.6 Å². The van der Waals surface area contributed by atoms with Gasteiger partial charge in [-0.15, -0.1) is 5.10 Å². The largest absolute Gasteiger partial charge is 0.412 e. The van der Waals surface area contributed by atoms with E-state index in [2.05, 4.69) is 14.9 Å². The van der Waals surface area contributed by atoms with Crippen LogP contribution >= 0.6 is 0 Å². The lowest BCUT2D eigenvalue weighted by atomic mass is 10.2. The molecule has 23 heavy (non-hydrogen) atoms. The lowest BCUT2D eigenvalue weighted by molar-refractivity contribution is 0.397. The van der Waals surface area contributed by atoms with Crippen LogP contribution in [0.15, 0.2) is 32.7 Å². The van der Waals surface area contributed by atoms with Gasteiger partial charge in [0, 0.05) is 19.2 Å². The summed E-state index contributed by atoms with van der Waals surface area (Å²) in [6.45, 7) is 1.38. The summed E-state index contributed by atoms with van der Waals surface area (Å²) < 4.78 is 66.8. The second-order valence-electron chi connectivity index (χ2n) is 4.79. The molecule has 0 fully saturated rings. The Morgan fingerprint density at radius 3 is 2.48 bits per heavy atom. The Bertz CT molecular complexity index is 922. The topological polar surface area (TPSA) is 119 Å². The number of hydrogen-bond acceptors (Lipinski definition) is 7. The van der Waals surface area contributed by atoms with Crippen LogP contribution in [0, 0.1) is 12.7 Å². The Balaban J connectivity index is 2.02. The Kier molecular flexibility index (Phi) is 4.82. The molecule has 11 heteroatoms. The molecule has 0 aliphatic rings. The van der Waals surface area contributed by atoms with Gasteiger partial charge in [-0.25, -0.2) is 25.9 Å². The minimum atomic E-state index is -3.82. The van der Waals surface area contributed by atoms with Gasteiger partial charge in [-0.05, 0) is 30.7 Å². The Hall–Kier alpha value is -1.85. The van der Waals surface area contributed by atoms with Gasteiger partial charge in [-0.2, -0.15) is 0 Å². The van der Waals surface area contributed by atoms with Crippen molar-refractivity contribution in [1.29, 1.82) is 0 Å². The highest BCUT2D eigenvalue weighted by molar-refractivity contribution is 7.90. The molecular weight excluding hydrogens is 349 g/mol. The van der Waals surface area contributed by atoms with E-state index in [0.29, 0.717) is 0 Å². The summed E-state index contributed by atoms with van der Waals surface area (Å²) in [6.07, 6.45) is 0.936. The molecule has 1 N–H and O–H groups in total. The normalized spacial score (nSPS) is 12.5. The van der Waals surface area contributed by atoms with Gasteiger partial charge in [-0.1, -0.05) is 5.10 Å². The first-order chi connectivity index (χ1) is 10.6. The van der Waals surface area contributed by atoms with Crippen LogP contribution in [0.25, 0.3) is 0 Å². The first kappa shape index (κ1) is 17.5. The SMILES string of the molecule is Cc1cc(S(=O)(=O)NCCc2nnc(S(C)(=O)=O)o2)ccc1F. The lowest BCUT2D eigenvalue weighted by Crippen LogP contribution is -2.26. The first-order valence-corrected chi connectivity index (χ1v) is 9.75. The Morgan fingerprint density at radius 2 is 1.91 bits per heavy atom. The van der Waals surface area contributed by atoms with Crippen LogP contribution in [-0.4, -0.2) is 39.8 Å². The molecule has 0 aliphatic heterocycles. The minimum Gasteiger partial charge on any atom is -0.412 e. The summed E-state index contributed by atoms with van der Waals surface area (Å²) in [5, 5.41) is 6.36. The van der Waals surface area contributed by atoms with E-state index in [1.807, 2.05) is 0 Å². The van der Waals surface area contributed by atoms with Crippen LogP contribution in [0.4, 0.5) is 4.39 Å². The number of hydrogen-bond donors (Lipinski definition) is 1. The monoisotopic (exact) mass is 363 g/mol. The summed E-state index contributed by atoms with van der Waals surface area (Å²) in [4.78, 5) is -0.0706. The van der Waals surface area contributed by atoms with Gasteiger partial charge in [0.1, 0.15) is 5.82 Å². The van der Waals surface area contributed by atoms with Crippen molar-refractivity contribution >= 4 is 19.9 Å². The number of sulfone groups is 1. The zero-order valence-corrected chi connectivity index (χ0v) is 13.9. The van der Waals surface area contributed by atoms with Gasteiger partial charge in [0.25, 0.3) is 0 Å². The Morgan fingerprint density at radius 1 is 1.22 bits per heavy atom. The first-order valence-electron chi connectivity index (χ1n) is 6.38. The molecule has 0 atom stereocenters. The standard InChI is InChI=1S/C12H14FN3O5S2/c1-8-7-9(3-4-10(8)13)23(19,20)14-6-5-11-15-16-12(21-11)22(2,17)18/h3-4,7,14H,5-6H2,1-2H3. The maximum Gasteiger partial charge on any atom is 0.335 e. The van der Waals surface area contributed by atoms with Gasteiger partial charge in [0.15, 0.2) is 0 Å². The zero-order chi connectivity index (χ0) is 17.3. The molecule has 2 rings (SSSR count). The molecule has 126 valence electrons. The molecule has 1 heterocycles. The third kappa shape index (κ3) is 4.33. The number of aryl methyl sites for hydroxylation is 1. The fourth-order valence-corrected chi connectivity index (χ4v) is 3.20. The second kappa shape index (κ2) is 6.34. The number of rotatable bonds is 6. The molecule has 0 saturated carbocycles. The highest BCUT2D eigenvalue weighted by Gasteiger charge is 2.18. The number of benzene rings is 1. The van der Waals surface area contributed by atoms with Crippen molar-refractivity contribution in [1.82, 2.24) is 14.9 Å². The molecule has 8 nitrogen and oxygen atoms in total. The summed E-state index contributed by atoms with van der Waals surface area (Å²) in [7, 11) is -7.42. The van der Waals surface area contributed by atoms with Crippen LogP contribution in [-0.2, 0) is 26.3 Å². The number of halogens is 1. The van der Waals surface area contributed by atoms with Crippen molar-refractivity contribution in [3.05, 3.63) is 35.5 Å². The van der Waals surface area contributed by atoms with Gasteiger partial charge in [0.2, 0.25) is 25.8 Å². The molecule has 0 radical (unpaired) electrons. The zero-order valence-electron chi connectivity index (χ0n) is 12.3. The van der Waals surface area contributed by atoms with Crippen LogP contribution in [0.5, 0.6) is 0 Å². The van der Waals surface area contributed by atoms with E-state index >= 15 is 0 Å². The summed E-state index contributed by atoms with van der Waals surface area (Å²) >= 11 is 0. The van der Waals surface area contributed by atoms with E-state index < -0.39 is 30.9 Å². The highest BCUT2D eigenvalue weighted by Crippen LogP contribution is 2.14. The van der Waals surface area contributed by atoms with E-state index in [-0.39, 0.29) is 29.3 Å². The molecule has 0 bridgehead atoms. The third-order valence-corrected chi connectivity index (χ3v) is 5.09. The van der Waals surface area contributed by atoms with Crippen LogP contribution in [0.2, 0.25) is 0 Å². The van der Waals surface area contributed by atoms with E-state index in [1.54, 1.807) is 0 Å². The third-order valence-electron chi connectivity index (χ3n) is 2.84. The van der Waals surface area contributed by atoms with Gasteiger partial charge in [0.05, 0.1) is 4.90 Å². The molecular formula is C12H14FN3O5S2. The molecule has 0 unspecified atom stereocenters. The summed E-state index contributed by atoms with van der Waals surface area (Å²) in [5.41, 5.74) is 0.211. The number of aromatic nitrogens is 2. The van der Waals surface area contributed by atoms with Crippen molar-refractivity contribution in [2.24, 2.45) is 0 Å². The maximum absolute atomic E-state index is 13.2. The predicted octanol–water partition coefficient (Wildman–Crippen LogP) is 0.442. The van der Waals surface area contributed by atoms with Crippen molar-refractivity contribution in [2.75, 3.05) is 12.8 Å². The van der Waals surface area contributed by atoms with E-state index in [0.717, 1.165) is 18.4 Å². The highest BCUT2D eigenvalue weighted by atomic mass is 32.2. The van der Waals surface area contributed by atoms with Gasteiger partial charge >= 0.3 is 5.22 Å². The molecule has 1 aromatic carbocycles. The lowest BCUT2D eigenvalue weighted by Gasteiger charge is -2.06. The van der Waals surface area contributed by atoms with Crippen LogP contribution < -0.4 is 4.72 Å². The number of sulfonamides is 1. The van der Waals surface area contributed by atoms with Crippen LogP contribution in [0.3, 0.4) is 0 Å². The Labute approximate surface area is 132 Å². The molecule has 2 aromatic rings. The molecule has 0 saturated heterocycles. The summed E-state index contributed by atoms with van der Waals surface area (Å²) in [5.74, 6) is -0.508. The molecule has 0 amide bonds. The average molecular weight is 363 g/mol. The predicted molar refractivity (Wildman–Crippen MR) is 77.4 cm³/mol. The fraction of sp³-hybridized carbons (Fsp3) is 0.333. The second-order valence-corrected chi connectivity index (χ2v) is 8.45. The van der Waals surface area contributed by atoms with E-state index in [9.17, 15) is 21.2 Å². The molecule has 0 aliphatic carbocycles. The fourth-order valence-electron chi connectivity index (χ4n) is 1.65. The van der Waals surface area contributed by atoms with Crippen LogP contribution in [0.1, 0.15) is 11.5 Å². The van der Waals surface area contributed by atoms with Gasteiger partial charge in [-0.3, -0.25) is 0 Å². The van der Waals surface area contributed by atoms with E-state index in [1.165, 1.54) is 13.0 Å². The average Bonchev–Trinajstić information content (AvgIpc) is 2.90. The smallest absolute Gasteiger partial charge is 0.335 e. The minimum absolute atomic E-state index is 0.0107. The van der Waals surface area contributed by atoms with Crippen molar-refractivity contribution in [3.8, 4) is 0 Å². The van der Waals surface area contributed by atoms with Crippen molar-refractivity contribution in [3.63, 3.8) is 0 Å². The number of nitrogens with one attached hydrogen (secondary N) is 1. The molecule has 0 spiro atoms. The maximum atomic E-state index is 13.2. The number of nitrogens with zero attached hydrogens (tertiary/aromatic N) is 2. The molecule has 1 aromatic heterocycles. The van der Waals surface area contributed by atoms with Gasteiger partial charge < -0.3 is 4.42 Å². The quantitative estimate of drug-likeness (QED) is 0.791. The summed E-state index contributed by atoms with van der Waals surface area (Å²) in [6, 6.07) is 3.44.